The number of anilines is 6. The molecule has 1 aliphatic heterocycles. The van der Waals surface area contributed by atoms with Crippen LogP contribution in [0.25, 0.3) is 0 Å². The largest absolute Gasteiger partial charge is 0.377 e. The van der Waals surface area contributed by atoms with Crippen LogP contribution in [-0.4, -0.2) is 122 Å². The standard InChI is InChI=1S/C34H64N12O4/c1-3-5-7-9-11-13-15-35-29-41-31-37-17-21-47-25-27-49-23-19-39-33-43-30(36-16-14-12-10-8-6-4-2)44-34(46-33)40-20-24-50-28-26-48-22-18-38-32(42-29)45-31/h3-28H2,1-2H3,(H3,35,37,38,41,42,45)(H3,36,39,40,43,44,46). The van der Waals surface area contributed by atoms with Crippen LogP contribution < -0.4 is 31.9 Å². The lowest BCUT2D eigenvalue weighted by Crippen LogP contribution is -2.20. The second-order valence-corrected chi connectivity index (χ2v) is 12.2. The normalized spacial score (nSPS) is 15.9. The smallest absolute Gasteiger partial charge is 0.229 e. The number of fused-ring (bicyclic) bond motifs is 4. The van der Waals surface area contributed by atoms with Gasteiger partial charge in [0, 0.05) is 39.3 Å². The summed E-state index contributed by atoms with van der Waals surface area (Å²) in [5.41, 5.74) is 0. The van der Waals surface area contributed by atoms with Gasteiger partial charge >= 0.3 is 0 Å². The van der Waals surface area contributed by atoms with Crippen molar-refractivity contribution in [2.24, 2.45) is 0 Å². The van der Waals surface area contributed by atoms with Gasteiger partial charge in [0.15, 0.2) is 0 Å². The number of nitrogens with one attached hydrogen (secondary N) is 6. The van der Waals surface area contributed by atoms with E-state index in [1.54, 1.807) is 0 Å². The maximum absolute atomic E-state index is 5.75. The summed E-state index contributed by atoms with van der Waals surface area (Å²) in [4.78, 5) is 27.3. The van der Waals surface area contributed by atoms with Crippen molar-refractivity contribution in [1.29, 1.82) is 0 Å². The lowest BCUT2D eigenvalue weighted by Gasteiger charge is -2.13. The minimum absolute atomic E-state index is 0.477. The Kier molecular flexibility index (Phi) is 23.3. The van der Waals surface area contributed by atoms with Gasteiger partial charge < -0.3 is 50.8 Å². The second-order valence-electron chi connectivity index (χ2n) is 12.2. The summed E-state index contributed by atoms with van der Waals surface area (Å²) in [7, 11) is 0. The molecular weight excluding hydrogens is 640 g/mol. The van der Waals surface area contributed by atoms with Crippen LogP contribution in [0, 0.1) is 0 Å². The van der Waals surface area contributed by atoms with E-state index in [-0.39, 0.29) is 0 Å². The molecule has 0 spiro atoms. The Hall–Kier alpha value is -3.34. The molecule has 0 amide bonds. The third kappa shape index (κ3) is 20.4. The molecule has 0 radical (unpaired) electrons. The zero-order valence-corrected chi connectivity index (χ0v) is 30.7. The molecule has 50 heavy (non-hydrogen) atoms. The van der Waals surface area contributed by atoms with Crippen LogP contribution in [0.5, 0.6) is 0 Å². The van der Waals surface area contributed by atoms with Crippen LogP contribution >= 0.6 is 0 Å². The van der Waals surface area contributed by atoms with Gasteiger partial charge in [-0.25, -0.2) is 0 Å². The molecule has 2 aromatic heterocycles. The van der Waals surface area contributed by atoms with E-state index in [4.69, 9.17) is 18.9 Å². The monoisotopic (exact) mass is 705 g/mol. The summed E-state index contributed by atoms with van der Waals surface area (Å²) in [6.45, 7) is 12.2. The topological polar surface area (TPSA) is 186 Å². The zero-order valence-electron chi connectivity index (χ0n) is 30.7. The van der Waals surface area contributed by atoms with Crippen LogP contribution in [0.4, 0.5) is 35.7 Å². The summed E-state index contributed by atoms with van der Waals surface area (Å²) in [6, 6.07) is 0. The van der Waals surface area contributed by atoms with Crippen molar-refractivity contribution in [3.63, 3.8) is 0 Å². The number of unbranched alkanes of at least 4 members (excludes halogenated alkanes) is 10. The second kappa shape index (κ2) is 28.4. The summed E-state index contributed by atoms with van der Waals surface area (Å²) in [5.74, 6) is 3.06. The Balaban J connectivity index is 1.46. The van der Waals surface area contributed by atoms with E-state index < -0.39 is 0 Å². The van der Waals surface area contributed by atoms with Crippen molar-refractivity contribution < 1.29 is 18.9 Å². The molecular formula is C34H64N12O4. The molecule has 0 fully saturated rings. The maximum atomic E-state index is 5.75. The van der Waals surface area contributed by atoms with Gasteiger partial charge in [-0.05, 0) is 12.8 Å². The summed E-state index contributed by atoms with van der Waals surface area (Å²) in [5, 5.41) is 19.7. The SMILES string of the molecule is CCCCCCCCNc1nc2nc(n1)NCCOCCOCCNc1nc(NCCCCCCCC)nc(n1)NCCOCCOCCN2. The van der Waals surface area contributed by atoms with E-state index in [2.05, 4.69) is 75.7 Å². The Morgan fingerprint density at radius 3 is 1.02 bits per heavy atom. The predicted molar refractivity (Wildman–Crippen MR) is 201 cm³/mol. The highest BCUT2D eigenvalue weighted by molar-refractivity contribution is 5.43. The Bertz CT molecular complexity index is 974. The first kappa shape index (κ1) is 41.1. The molecule has 2 aromatic rings. The fraction of sp³-hybridized carbons (Fsp3) is 0.824. The van der Waals surface area contributed by atoms with Crippen molar-refractivity contribution in [3.8, 4) is 0 Å². The lowest BCUT2D eigenvalue weighted by molar-refractivity contribution is 0.0555. The van der Waals surface area contributed by atoms with Crippen LogP contribution in [0.3, 0.4) is 0 Å². The van der Waals surface area contributed by atoms with E-state index in [0.717, 1.165) is 25.9 Å². The van der Waals surface area contributed by atoms with Gasteiger partial charge in [0.25, 0.3) is 0 Å². The summed E-state index contributed by atoms with van der Waals surface area (Å²) >= 11 is 0. The van der Waals surface area contributed by atoms with Crippen molar-refractivity contribution in [2.45, 2.75) is 90.9 Å². The molecule has 16 nitrogen and oxygen atoms in total. The zero-order chi connectivity index (χ0) is 35.2. The minimum atomic E-state index is 0.477. The molecule has 3 heterocycles. The first-order valence-corrected chi connectivity index (χ1v) is 19.0. The van der Waals surface area contributed by atoms with E-state index in [9.17, 15) is 0 Å². The van der Waals surface area contributed by atoms with E-state index in [0.29, 0.717) is 115 Å². The highest BCUT2D eigenvalue weighted by Gasteiger charge is 2.08. The highest BCUT2D eigenvalue weighted by atomic mass is 16.5. The van der Waals surface area contributed by atoms with Gasteiger partial charge in [-0.1, -0.05) is 78.1 Å². The summed E-state index contributed by atoms with van der Waals surface area (Å²) in [6.07, 6.45) is 14.8. The van der Waals surface area contributed by atoms with Crippen LogP contribution in [0.15, 0.2) is 0 Å². The number of nitrogens with zero attached hydrogens (tertiary/aromatic N) is 6. The number of hydrogen-bond donors (Lipinski definition) is 6. The Morgan fingerprint density at radius 2 is 0.700 bits per heavy atom. The first-order valence-electron chi connectivity index (χ1n) is 19.0. The molecule has 0 saturated heterocycles. The molecule has 16 heteroatoms. The molecule has 3 rings (SSSR count). The molecule has 4 bridgehead atoms. The molecule has 0 atom stereocenters. The van der Waals surface area contributed by atoms with Gasteiger partial charge in [0.05, 0.1) is 52.9 Å². The molecule has 6 N–H and O–H groups in total. The maximum Gasteiger partial charge on any atom is 0.229 e. The van der Waals surface area contributed by atoms with Gasteiger partial charge in [0.2, 0.25) is 35.7 Å². The molecule has 0 unspecified atom stereocenters. The van der Waals surface area contributed by atoms with Crippen molar-refractivity contribution in [1.82, 2.24) is 29.9 Å². The van der Waals surface area contributed by atoms with Gasteiger partial charge in [-0.3, -0.25) is 0 Å². The Morgan fingerprint density at radius 1 is 0.400 bits per heavy atom. The average Bonchev–Trinajstić information content (AvgIpc) is 3.12. The van der Waals surface area contributed by atoms with E-state index >= 15 is 0 Å². The number of rotatable bonds is 16. The molecule has 0 saturated carbocycles. The fourth-order valence-corrected chi connectivity index (χ4v) is 5.02. The van der Waals surface area contributed by atoms with Crippen LogP contribution in [0.1, 0.15) is 90.9 Å². The van der Waals surface area contributed by atoms with Gasteiger partial charge in [0.1, 0.15) is 0 Å². The number of aromatic nitrogens is 6. The fourth-order valence-electron chi connectivity index (χ4n) is 5.02. The van der Waals surface area contributed by atoms with Gasteiger partial charge in [-0.15, -0.1) is 0 Å². The number of hydrogen-bond acceptors (Lipinski definition) is 16. The summed E-state index contributed by atoms with van der Waals surface area (Å²) < 4.78 is 23.0. The quantitative estimate of drug-likeness (QED) is 0.128. The molecule has 284 valence electrons. The van der Waals surface area contributed by atoms with Gasteiger partial charge in [-0.2, -0.15) is 29.9 Å². The third-order valence-electron chi connectivity index (χ3n) is 7.76. The third-order valence-corrected chi connectivity index (χ3v) is 7.76. The first-order chi connectivity index (χ1) is 24.8. The number of ether oxygens (including phenoxy) is 4. The van der Waals surface area contributed by atoms with Crippen LogP contribution in [-0.2, 0) is 18.9 Å². The molecule has 1 aliphatic rings. The van der Waals surface area contributed by atoms with Crippen molar-refractivity contribution in [2.75, 3.05) is 124 Å². The van der Waals surface area contributed by atoms with Crippen LogP contribution in [0.2, 0.25) is 0 Å². The molecule has 0 aliphatic carbocycles. The minimum Gasteiger partial charge on any atom is -0.377 e. The van der Waals surface area contributed by atoms with Crippen molar-refractivity contribution >= 4 is 35.7 Å². The van der Waals surface area contributed by atoms with E-state index in [1.165, 1.54) is 64.2 Å². The lowest BCUT2D eigenvalue weighted by atomic mass is 10.1. The molecule has 0 aromatic carbocycles. The average molecular weight is 705 g/mol. The van der Waals surface area contributed by atoms with E-state index in [1.807, 2.05) is 0 Å². The predicted octanol–water partition coefficient (Wildman–Crippen LogP) is 5.03. The van der Waals surface area contributed by atoms with Crippen molar-refractivity contribution in [3.05, 3.63) is 0 Å². The Labute approximate surface area is 299 Å². The highest BCUT2D eigenvalue weighted by Crippen LogP contribution is 2.12.